The summed E-state index contributed by atoms with van der Waals surface area (Å²) in [6, 6.07) is 29.2. The molecule has 2 aliphatic carbocycles. The fraction of sp³-hybridized carbons (Fsp3) is 0.222. The largest absolute Gasteiger partial charge is 1.00 e. The van der Waals surface area contributed by atoms with Gasteiger partial charge in [0.1, 0.15) is 0 Å². The van der Waals surface area contributed by atoms with Crippen LogP contribution in [0.1, 0.15) is 33.4 Å². The van der Waals surface area contributed by atoms with Crippen LogP contribution in [0.4, 0.5) is 0 Å². The van der Waals surface area contributed by atoms with Crippen molar-refractivity contribution in [2.24, 2.45) is 0 Å². The average Bonchev–Trinajstić information content (AvgIpc) is 3.49. The molecule has 0 saturated heterocycles. The summed E-state index contributed by atoms with van der Waals surface area (Å²) in [7, 11) is 0.191. The molecule has 2 aliphatic rings. The summed E-state index contributed by atoms with van der Waals surface area (Å²) in [5.41, 5.74) is 12.4. The van der Waals surface area contributed by atoms with E-state index >= 15 is 0 Å². The Kier molecular flexibility index (Phi) is 14.4. The Balaban J connectivity index is 0.000000216. The summed E-state index contributed by atoms with van der Waals surface area (Å²) in [5, 5.41) is 0. The van der Waals surface area contributed by atoms with Crippen molar-refractivity contribution in [3.8, 4) is 34.1 Å². The van der Waals surface area contributed by atoms with Gasteiger partial charge in [0.25, 0.3) is 0 Å². The number of hydrogen-bond acceptors (Lipinski definition) is 0. The van der Waals surface area contributed by atoms with Crippen LogP contribution in [0.15, 0.2) is 84.9 Å². The molecule has 0 saturated carbocycles. The first-order chi connectivity index (χ1) is 18.4. The second-order valence-corrected chi connectivity index (χ2v) is 16.4. The molecule has 0 bridgehead atoms. The van der Waals surface area contributed by atoms with Crippen LogP contribution in [0, 0.1) is 24.7 Å². The molecule has 6 rings (SSSR count). The van der Waals surface area contributed by atoms with E-state index in [1.165, 1.54) is 56.8 Å². The van der Waals surface area contributed by atoms with E-state index in [9.17, 15) is 0 Å². The topological polar surface area (TPSA) is 0 Å². The molecule has 4 aromatic rings. The molecular formula is C36H36Au2P2+2. The van der Waals surface area contributed by atoms with Crippen LogP contribution in [0.25, 0.3) is 22.3 Å². The van der Waals surface area contributed by atoms with Gasteiger partial charge in [0.05, 0.1) is 12.3 Å². The second-order valence-electron chi connectivity index (χ2n) is 10.6. The zero-order valence-electron chi connectivity index (χ0n) is 23.5. The van der Waals surface area contributed by atoms with Crippen molar-refractivity contribution in [1.82, 2.24) is 0 Å². The monoisotopic (exact) mass is 924 g/mol. The molecular weight excluding hydrogens is 888 g/mol. The maximum absolute atomic E-state index is 7.14. The van der Waals surface area contributed by atoms with Gasteiger partial charge in [0.2, 0.25) is 0 Å². The molecule has 0 radical (unpaired) electrons. The molecule has 0 heterocycles. The number of benzene rings is 4. The molecule has 0 fully saturated rings. The van der Waals surface area contributed by atoms with E-state index in [0.717, 1.165) is 24.0 Å². The van der Waals surface area contributed by atoms with Crippen molar-refractivity contribution in [1.29, 1.82) is 0 Å². The van der Waals surface area contributed by atoms with Crippen LogP contribution in [0.2, 0.25) is 0 Å². The van der Waals surface area contributed by atoms with Crippen molar-refractivity contribution in [3.63, 3.8) is 0 Å². The Bertz CT molecular complexity index is 1500. The minimum atomic E-state index is 0. The minimum Gasteiger partial charge on any atom is -0.366 e. The Hall–Kier alpha value is -1.66. The standard InChI is InChI=1S/2C15H9.C6H16P2.2Au/c1-2-11-7-8-15-13(9-11)10-12-5-3-4-6-14(12)15;1-2-11-7-8-13-10-12-5-3-4-6-14(12)15(13)9-11;1-7(2)5-6-8(3)4;;/h2*3-9H,10H2;5-6H2,1-4H3;;/q2*-1;;2*+1/p+2. The van der Waals surface area contributed by atoms with E-state index in [4.69, 9.17) is 12.8 Å². The molecule has 0 atom stereocenters. The Morgan fingerprint density at radius 2 is 0.950 bits per heavy atom. The first-order valence-corrected chi connectivity index (χ1v) is 18.7. The van der Waals surface area contributed by atoms with Gasteiger partial charge >= 0.3 is 44.8 Å². The summed E-state index contributed by atoms with van der Waals surface area (Å²) in [6.07, 6.45) is 19.3. The van der Waals surface area contributed by atoms with Crippen molar-refractivity contribution in [2.45, 2.75) is 12.8 Å². The molecule has 0 aromatic heterocycles. The SMILES string of the molecule is C[PH+](C)CC[PH+](C)C.[Au+].[Au+].[C-]#Cc1ccc2c(c1)-c1ccccc1C2.[C-]#Cc1ccc2c(c1)Cc1ccccc1-2. The van der Waals surface area contributed by atoms with E-state index in [1.54, 1.807) is 0 Å². The molecule has 0 amide bonds. The van der Waals surface area contributed by atoms with Crippen LogP contribution in [0.3, 0.4) is 0 Å². The predicted molar refractivity (Wildman–Crippen MR) is 172 cm³/mol. The van der Waals surface area contributed by atoms with Gasteiger partial charge in [-0.15, -0.1) is 35.4 Å². The summed E-state index contributed by atoms with van der Waals surface area (Å²) in [6.45, 7) is 9.59. The van der Waals surface area contributed by atoms with Gasteiger partial charge in [0, 0.05) is 26.7 Å². The van der Waals surface area contributed by atoms with Gasteiger partial charge < -0.3 is 12.8 Å². The maximum Gasteiger partial charge on any atom is 1.00 e. The summed E-state index contributed by atoms with van der Waals surface area (Å²) in [4.78, 5) is 0. The van der Waals surface area contributed by atoms with E-state index < -0.39 is 0 Å². The van der Waals surface area contributed by atoms with Gasteiger partial charge in [0.15, 0.2) is 0 Å². The van der Waals surface area contributed by atoms with Crippen LogP contribution in [0.5, 0.6) is 0 Å². The zero-order valence-corrected chi connectivity index (χ0v) is 29.8. The van der Waals surface area contributed by atoms with Gasteiger partial charge in [-0.05, 0) is 67.6 Å². The number of hydrogen-bond donors (Lipinski definition) is 0. The number of rotatable bonds is 3. The predicted octanol–water partition coefficient (Wildman–Crippen LogP) is 8.32. The molecule has 0 N–H and O–H groups in total. The first kappa shape index (κ1) is 34.5. The van der Waals surface area contributed by atoms with E-state index in [1.807, 2.05) is 18.2 Å². The van der Waals surface area contributed by atoms with Crippen LogP contribution in [-0.2, 0) is 57.6 Å². The van der Waals surface area contributed by atoms with E-state index in [2.05, 4.69) is 105 Å². The first-order valence-electron chi connectivity index (χ1n) is 13.3. The molecule has 0 nitrogen and oxygen atoms in total. The van der Waals surface area contributed by atoms with Crippen molar-refractivity contribution in [3.05, 3.63) is 131 Å². The summed E-state index contributed by atoms with van der Waals surface area (Å²) in [5.74, 6) is 4.87. The smallest absolute Gasteiger partial charge is 0.366 e. The molecule has 0 unspecified atom stereocenters. The van der Waals surface area contributed by atoms with Crippen molar-refractivity contribution in [2.75, 3.05) is 39.0 Å². The zero-order chi connectivity index (χ0) is 27.1. The third kappa shape index (κ3) is 8.92. The van der Waals surface area contributed by atoms with Crippen molar-refractivity contribution >= 4 is 15.8 Å². The van der Waals surface area contributed by atoms with Gasteiger partial charge in [-0.25, -0.2) is 0 Å². The van der Waals surface area contributed by atoms with Gasteiger partial charge in [-0.2, -0.15) is 0 Å². The minimum absolute atomic E-state index is 0. The number of fused-ring (bicyclic) bond motifs is 6. The summed E-state index contributed by atoms with van der Waals surface area (Å²) >= 11 is 0. The Morgan fingerprint density at radius 3 is 1.50 bits per heavy atom. The van der Waals surface area contributed by atoms with Gasteiger partial charge in [-0.1, -0.05) is 66.2 Å². The van der Waals surface area contributed by atoms with Crippen LogP contribution < -0.4 is 0 Å². The fourth-order valence-electron chi connectivity index (χ4n) is 4.92. The quantitative estimate of drug-likeness (QED) is 0.0726. The van der Waals surface area contributed by atoms with Gasteiger partial charge in [-0.3, -0.25) is 11.8 Å². The normalized spacial score (nSPS) is 11.0. The summed E-state index contributed by atoms with van der Waals surface area (Å²) < 4.78 is 0. The third-order valence-corrected chi connectivity index (χ3v) is 10.0. The van der Waals surface area contributed by atoms with Crippen LogP contribution >= 0.6 is 15.8 Å². The van der Waals surface area contributed by atoms with E-state index in [0.29, 0.717) is 0 Å². The molecule has 0 aliphatic heterocycles. The molecule has 4 aromatic carbocycles. The average molecular weight is 925 g/mol. The Labute approximate surface area is 275 Å². The van der Waals surface area contributed by atoms with Crippen molar-refractivity contribution < 1.29 is 44.8 Å². The second kappa shape index (κ2) is 16.7. The molecule has 40 heavy (non-hydrogen) atoms. The molecule has 210 valence electrons. The Morgan fingerprint density at radius 1 is 0.525 bits per heavy atom. The van der Waals surface area contributed by atoms with Crippen LogP contribution in [-0.4, -0.2) is 39.0 Å². The molecule has 4 heteroatoms. The van der Waals surface area contributed by atoms with E-state index in [-0.39, 0.29) is 60.6 Å². The third-order valence-electron chi connectivity index (χ3n) is 7.01. The fourth-order valence-corrected chi connectivity index (χ4v) is 8.92. The maximum atomic E-state index is 7.14. The molecule has 0 spiro atoms.